The summed E-state index contributed by atoms with van der Waals surface area (Å²) in [5, 5.41) is 3.34. The Labute approximate surface area is 277 Å². The summed E-state index contributed by atoms with van der Waals surface area (Å²) in [7, 11) is -2.67. The van der Waals surface area contributed by atoms with Crippen LogP contribution in [0.4, 0.5) is 5.69 Å². The average Bonchev–Trinajstić information content (AvgIpc) is 3.06. The van der Waals surface area contributed by atoms with Gasteiger partial charge in [-0.05, 0) is 91.1 Å². The summed E-state index contributed by atoms with van der Waals surface area (Å²) in [6.45, 7) is 5.72. The lowest BCUT2D eigenvalue weighted by atomic mass is 10.0. The molecule has 0 unspecified atom stereocenters. The molecule has 0 heterocycles. The van der Waals surface area contributed by atoms with Gasteiger partial charge in [-0.3, -0.25) is 13.9 Å². The van der Waals surface area contributed by atoms with Crippen LogP contribution in [0, 0.1) is 13.8 Å². The van der Waals surface area contributed by atoms with Crippen LogP contribution in [-0.4, -0.2) is 51.4 Å². The number of carbonyl (C=O) groups excluding carboxylic acids is 2. The smallest absolute Gasteiger partial charge is 0.264 e. The maximum Gasteiger partial charge on any atom is 0.264 e. The number of carbonyl (C=O) groups is 2. The molecule has 8 nitrogen and oxygen atoms in total. The van der Waals surface area contributed by atoms with Crippen molar-refractivity contribution in [1.82, 2.24) is 10.2 Å². The third-order valence-corrected chi connectivity index (χ3v) is 9.81. The van der Waals surface area contributed by atoms with E-state index in [4.69, 9.17) is 16.3 Å². The molecule has 0 aliphatic carbocycles. The molecule has 4 rings (SSSR count). The van der Waals surface area contributed by atoms with Crippen molar-refractivity contribution in [2.45, 2.75) is 51.1 Å². The Morgan fingerprint density at radius 3 is 2.22 bits per heavy atom. The van der Waals surface area contributed by atoms with E-state index in [1.807, 2.05) is 69.3 Å². The molecule has 0 fully saturated rings. The molecule has 0 aliphatic heterocycles. The second-order valence-corrected chi connectivity index (χ2v) is 13.4. The van der Waals surface area contributed by atoms with Gasteiger partial charge in [0, 0.05) is 24.5 Å². The molecule has 4 aromatic rings. The molecule has 242 valence electrons. The van der Waals surface area contributed by atoms with Gasteiger partial charge < -0.3 is 15.0 Å². The summed E-state index contributed by atoms with van der Waals surface area (Å²) < 4.78 is 34.9. The lowest BCUT2D eigenvalue weighted by molar-refractivity contribution is -0.140. The first-order valence-corrected chi connectivity index (χ1v) is 16.9. The normalized spacial score (nSPS) is 11.8. The minimum Gasteiger partial charge on any atom is -0.497 e. The summed E-state index contributed by atoms with van der Waals surface area (Å²) in [6, 6.07) is 26.9. The number of nitrogens with one attached hydrogen (secondary N) is 1. The summed E-state index contributed by atoms with van der Waals surface area (Å²) >= 11 is 6.07. The van der Waals surface area contributed by atoms with E-state index in [1.54, 1.807) is 31.4 Å². The van der Waals surface area contributed by atoms with Crippen molar-refractivity contribution in [3.8, 4) is 5.75 Å². The molecule has 0 radical (unpaired) electrons. The number of hydrogen-bond acceptors (Lipinski definition) is 5. The molecule has 0 aliphatic rings. The fraction of sp³-hybridized carbons (Fsp3) is 0.278. The highest BCUT2D eigenvalue weighted by Crippen LogP contribution is 2.28. The van der Waals surface area contributed by atoms with Crippen LogP contribution in [0.3, 0.4) is 0 Å². The van der Waals surface area contributed by atoms with Gasteiger partial charge >= 0.3 is 0 Å². The second-order valence-electron chi connectivity index (χ2n) is 11.1. The molecule has 4 aromatic carbocycles. The highest BCUT2D eigenvalue weighted by molar-refractivity contribution is 7.92. The summed E-state index contributed by atoms with van der Waals surface area (Å²) in [6.07, 6.45) is 0.952. The zero-order valence-electron chi connectivity index (χ0n) is 26.6. The number of aryl methyl sites for hydroxylation is 2. The highest BCUT2D eigenvalue weighted by atomic mass is 35.5. The summed E-state index contributed by atoms with van der Waals surface area (Å²) in [5.74, 6) is -0.256. The van der Waals surface area contributed by atoms with Gasteiger partial charge in [0.2, 0.25) is 11.8 Å². The van der Waals surface area contributed by atoms with Crippen LogP contribution in [-0.2, 0) is 32.6 Å². The fourth-order valence-electron chi connectivity index (χ4n) is 5.03. The molecule has 0 spiro atoms. The fourth-order valence-corrected chi connectivity index (χ4v) is 6.56. The Morgan fingerprint density at radius 1 is 0.870 bits per heavy atom. The Balaban J connectivity index is 1.82. The van der Waals surface area contributed by atoms with Crippen molar-refractivity contribution in [2.75, 3.05) is 24.5 Å². The van der Waals surface area contributed by atoms with E-state index in [-0.39, 0.29) is 23.8 Å². The molecular weight excluding hydrogens is 622 g/mol. The largest absolute Gasteiger partial charge is 0.497 e. The second kappa shape index (κ2) is 15.8. The van der Waals surface area contributed by atoms with E-state index < -0.39 is 28.5 Å². The Morgan fingerprint density at radius 2 is 1.57 bits per heavy atom. The quantitative estimate of drug-likeness (QED) is 0.171. The van der Waals surface area contributed by atoms with Crippen LogP contribution >= 0.6 is 11.6 Å². The van der Waals surface area contributed by atoms with E-state index >= 15 is 0 Å². The minimum atomic E-state index is -4.22. The zero-order valence-corrected chi connectivity index (χ0v) is 28.1. The van der Waals surface area contributed by atoms with Crippen molar-refractivity contribution >= 4 is 39.1 Å². The number of hydrogen-bond donors (Lipinski definition) is 1. The topological polar surface area (TPSA) is 96.0 Å². The van der Waals surface area contributed by atoms with Gasteiger partial charge in [0.25, 0.3) is 10.0 Å². The first-order valence-electron chi connectivity index (χ1n) is 15.1. The predicted octanol–water partition coefficient (Wildman–Crippen LogP) is 6.33. The zero-order chi connectivity index (χ0) is 33.3. The minimum absolute atomic E-state index is 0.0104. The standard InChI is InChI=1S/C36H40ClN3O5S/c1-5-20-38-36(42)34(23-28-10-7-6-8-11-28)39(24-29-12-9-13-32(22-29)45-4)35(41)25-40(31-17-14-26(2)27(3)21-31)46(43,44)33-18-15-30(37)16-19-33/h6-19,21-22,34H,5,20,23-25H2,1-4H3,(H,38,42)/t34-/m1/s1. The van der Waals surface area contributed by atoms with Crippen LogP contribution in [0.25, 0.3) is 0 Å². The third kappa shape index (κ3) is 8.68. The summed E-state index contributed by atoms with van der Waals surface area (Å²) in [4.78, 5) is 29.8. The number of nitrogens with zero attached hydrogens (tertiary/aromatic N) is 2. The molecular formula is C36H40ClN3O5S. The lowest BCUT2D eigenvalue weighted by Crippen LogP contribution is -2.53. The van der Waals surface area contributed by atoms with Crippen molar-refractivity contribution in [3.05, 3.63) is 124 Å². The van der Waals surface area contributed by atoms with Crippen molar-refractivity contribution in [1.29, 1.82) is 0 Å². The predicted molar refractivity (Wildman–Crippen MR) is 183 cm³/mol. The van der Waals surface area contributed by atoms with Crippen LogP contribution < -0.4 is 14.4 Å². The van der Waals surface area contributed by atoms with Crippen LogP contribution in [0.5, 0.6) is 5.75 Å². The first-order chi connectivity index (χ1) is 22.0. The van der Waals surface area contributed by atoms with Gasteiger partial charge in [0.15, 0.2) is 0 Å². The Bertz CT molecular complexity index is 1750. The van der Waals surface area contributed by atoms with Gasteiger partial charge in [-0.25, -0.2) is 8.42 Å². The first kappa shape index (κ1) is 34.5. The molecule has 0 bridgehead atoms. The molecule has 2 amide bonds. The number of halogens is 1. The number of methoxy groups -OCH3 is 1. The van der Waals surface area contributed by atoms with Crippen LogP contribution in [0.15, 0.2) is 102 Å². The molecule has 0 saturated heterocycles. The van der Waals surface area contributed by atoms with Gasteiger partial charge in [-0.2, -0.15) is 0 Å². The Hall–Kier alpha value is -4.34. The Kier molecular flexibility index (Phi) is 11.8. The van der Waals surface area contributed by atoms with E-state index in [0.717, 1.165) is 26.6 Å². The van der Waals surface area contributed by atoms with E-state index in [1.165, 1.54) is 29.2 Å². The van der Waals surface area contributed by atoms with E-state index in [0.29, 0.717) is 29.4 Å². The van der Waals surface area contributed by atoms with Crippen LogP contribution in [0.1, 0.15) is 35.6 Å². The molecule has 0 aromatic heterocycles. The monoisotopic (exact) mass is 661 g/mol. The van der Waals surface area contributed by atoms with Gasteiger partial charge in [-0.1, -0.05) is 67.1 Å². The third-order valence-electron chi connectivity index (χ3n) is 7.77. The maximum absolute atomic E-state index is 14.6. The van der Waals surface area contributed by atoms with E-state index in [9.17, 15) is 18.0 Å². The number of sulfonamides is 1. The maximum atomic E-state index is 14.6. The van der Waals surface area contributed by atoms with Gasteiger partial charge in [0.05, 0.1) is 17.7 Å². The van der Waals surface area contributed by atoms with Crippen molar-refractivity contribution < 1.29 is 22.7 Å². The van der Waals surface area contributed by atoms with Crippen LogP contribution in [0.2, 0.25) is 5.02 Å². The molecule has 1 atom stereocenters. The van der Waals surface area contributed by atoms with Crippen molar-refractivity contribution in [2.24, 2.45) is 0 Å². The molecule has 0 saturated carbocycles. The number of amides is 2. The number of ether oxygens (including phenoxy) is 1. The summed E-state index contributed by atoms with van der Waals surface area (Å²) in [5.41, 5.74) is 3.78. The SMILES string of the molecule is CCCNC(=O)[C@@H](Cc1ccccc1)N(Cc1cccc(OC)c1)C(=O)CN(c1ccc(C)c(C)c1)S(=O)(=O)c1ccc(Cl)cc1. The molecule has 1 N–H and O–H groups in total. The lowest BCUT2D eigenvalue weighted by Gasteiger charge is -2.34. The molecule has 46 heavy (non-hydrogen) atoms. The number of anilines is 1. The number of rotatable bonds is 14. The van der Waals surface area contributed by atoms with Gasteiger partial charge in [0.1, 0.15) is 18.3 Å². The number of benzene rings is 4. The van der Waals surface area contributed by atoms with Crippen molar-refractivity contribution in [3.63, 3.8) is 0 Å². The van der Waals surface area contributed by atoms with E-state index in [2.05, 4.69) is 5.32 Å². The molecule has 10 heteroatoms. The highest BCUT2D eigenvalue weighted by Gasteiger charge is 2.34. The van der Waals surface area contributed by atoms with Gasteiger partial charge in [-0.15, -0.1) is 0 Å². The average molecular weight is 662 g/mol.